The first-order valence-electron chi connectivity index (χ1n) is 6.70. The molecule has 1 aliphatic heterocycles. The van der Waals surface area contributed by atoms with Crippen LogP contribution >= 0.6 is 23.4 Å². The van der Waals surface area contributed by atoms with Crippen molar-refractivity contribution < 1.29 is 4.79 Å². The Morgan fingerprint density at radius 3 is 2.58 bits per heavy atom. The van der Waals surface area contributed by atoms with Crippen LogP contribution < -0.4 is 0 Å². The molecule has 1 amide bonds. The van der Waals surface area contributed by atoms with Crippen molar-refractivity contribution in [1.82, 2.24) is 4.90 Å². The summed E-state index contributed by atoms with van der Waals surface area (Å²) in [6.45, 7) is 3.69. The molecule has 1 aromatic rings. The summed E-state index contributed by atoms with van der Waals surface area (Å²) in [5.74, 6) is 0.701. The number of halogens is 1. The molecule has 0 radical (unpaired) electrons. The van der Waals surface area contributed by atoms with E-state index in [-0.39, 0.29) is 11.3 Å². The minimum atomic E-state index is 0.158. The summed E-state index contributed by atoms with van der Waals surface area (Å²) in [6.07, 6.45) is 4.03. The fraction of sp³-hybridized carbons (Fsp3) is 0.533. The van der Waals surface area contributed by atoms with Crippen LogP contribution in [0.2, 0.25) is 0 Å². The maximum atomic E-state index is 12.5. The number of piperidine rings is 1. The zero-order valence-corrected chi connectivity index (χ0v) is 13.0. The van der Waals surface area contributed by atoms with Crippen LogP contribution in [0.25, 0.3) is 0 Å². The number of hydrogen-bond donors (Lipinski definition) is 0. The molecular weight excluding hydrogens is 278 g/mol. The standard InChI is InChI=1S/C15H20ClNOS/c1-11(16)12-7-9-17(10-8-12)15(18)13-5-3-4-6-14(13)19-2/h3-6,11-12H,7-10H2,1-2H3. The smallest absolute Gasteiger partial charge is 0.254 e. The molecule has 0 saturated carbocycles. The predicted molar refractivity (Wildman–Crippen MR) is 82.2 cm³/mol. The van der Waals surface area contributed by atoms with Crippen molar-refractivity contribution in [2.45, 2.75) is 30.0 Å². The van der Waals surface area contributed by atoms with Gasteiger partial charge in [0.25, 0.3) is 5.91 Å². The van der Waals surface area contributed by atoms with Crippen LogP contribution in [0.4, 0.5) is 0 Å². The number of nitrogens with zero attached hydrogens (tertiary/aromatic N) is 1. The van der Waals surface area contributed by atoms with Crippen LogP contribution in [0.1, 0.15) is 30.1 Å². The van der Waals surface area contributed by atoms with E-state index in [1.54, 1.807) is 11.8 Å². The third-order valence-corrected chi connectivity index (χ3v) is 4.97. The molecule has 0 N–H and O–H groups in total. The molecule has 2 rings (SSSR count). The number of thioether (sulfide) groups is 1. The van der Waals surface area contributed by atoms with E-state index in [1.165, 1.54) is 0 Å². The van der Waals surface area contributed by atoms with Gasteiger partial charge in [0.05, 0.1) is 5.56 Å². The lowest BCUT2D eigenvalue weighted by Crippen LogP contribution is -2.40. The van der Waals surface area contributed by atoms with Gasteiger partial charge in [-0.15, -0.1) is 23.4 Å². The van der Waals surface area contributed by atoms with Crippen LogP contribution in [0.15, 0.2) is 29.2 Å². The van der Waals surface area contributed by atoms with Gasteiger partial charge in [0.2, 0.25) is 0 Å². The first-order valence-corrected chi connectivity index (χ1v) is 8.36. The van der Waals surface area contributed by atoms with Gasteiger partial charge in [-0.25, -0.2) is 0 Å². The highest BCUT2D eigenvalue weighted by Gasteiger charge is 2.26. The largest absolute Gasteiger partial charge is 0.339 e. The molecule has 19 heavy (non-hydrogen) atoms. The highest BCUT2D eigenvalue weighted by Crippen LogP contribution is 2.27. The summed E-state index contributed by atoms with van der Waals surface area (Å²) in [5.41, 5.74) is 0.826. The normalized spacial score (nSPS) is 18.4. The zero-order chi connectivity index (χ0) is 13.8. The fourth-order valence-corrected chi connectivity index (χ4v) is 3.40. The minimum Gasteiger partial charge on any atom is -0.339 e. The van der Waals surface area contributed by atoms with Crippen molar-refractivity contribution in [3.05, 3.63) is 29.8 Å². The molecule has 2 nitrogen and oxygen atoms in total. The Balaban J connectivity index is 2.05. The first-order chi connectivity index (χ1) is 9.13. The summed E-state index contributed by atoms with van der Waals surface area (Å²) in [6, 6.07) is 7.83. The highest BCUT2D eigenvalue weighted by atomic mass is 35.5. The topological polar surface area (TPSA) is 20.3 Å². The Morgan fingerprint density at radius 1 is 1.37 bits per heavy atom. The number of likely N-dealkylation sites (tertiary alicyclic amines) is 1. The molecule has 0 aromatic heterocycles. The van der Waals surface area contributed by atoms with Gasteiger partial charge in [0, 0.05) is 23.4 Å². The van der Waals surface area contributed by atoms with Gasteiger partial charge in [-0.2, -0.15) is 0 Å². The van der Waals surface area contributed by atoms with Gasteiger partial charge in [0.1, 0.15) is 0 Å². The minimum absolute atomic E-state index is 0.158. The number of benzene rings is 1. The molecule has 0 aliphatic carbocycles. The van der Waals surface area contributed by atoms with E-state index in [2.05, 4.69) is 0 Å². The van der Waals surface area contributed by atoms with Crippen LogP contribution in [0.5, 0.6) is 0 Å². The van der Waals surface area contributed by atoms with Crippen LogP contribution in [-0.2, 0) is 0 Å². The molecule has 1 aromatic carbocycles. The Morgan fingerprint density at radius 2 is 2.00 bits per heavy atom. The lowest BCUT2D eigenvalue weighted by atomic mass is 9.93. The van der Waals surface area contributed by atoms with Crippen molar-refractivity contribution in [3.63, 3.8) is 0 Å². The summed E-state index contributed by atoms with van der Waals surface area (Å²) in [4.78, 5) is 15.6. The summed E-state index contributed by atoms with van der Waals surface area (Å²) in [5, 5.41) is 0.204. The molecule has 1 aliphatic rings. The van der Waals surface area contributed by atoms with Crippen molar-refractivity contribution in [2.24, 2.45) is 5.92 Å². The SMILES string of the molecule is CSc1ccccc1C(=O)N1CCC(C(C)Cl)CC1. The highest BCUT2D eigenvalue weighted by molar-refractivity contribution is 7.98. The molecule has 1 heterocycles. The van der Waals surface area contributed by atoms with E-state index in [9.17, 15) is 4.79 Å². The molecule has 1 atom stereocenters. The monoisotopic (exact) mass is 297 g/mol. The molecular formula is C15H20ClNOS. The molecule has 1 saturated heterocycles. The summed E-state index contributed by atoms with van der Waals surface area (Å²) < 4.78 is 0. The third-order valence-electron chi connectivity index (χ3n) is 3.81. The first kappa shape index (κ1) is 14.7. The van der Waals surface area contributed by atoms with Crippen molar-refractivity contribution in [1.29, 1.82) is 0 Å². The Hall–Kier alpha value is -0.670. The number of carbonyl (C=O) groups excluding carboxylic acids is 1. The van der Waals surface area contributed by atoms with Crippen molar-refractivity contribution in [3.8, 4) is 0 Å². The Bertz CT molecular complexity index is 442. The fourth-order valence-electron chi connectivity index (χ4n) is 2.55. The zero-order valence-electron chi connectivity index (χ0n) is 11.4. The second-order valence-corrected chi connectivity index (χ2v) is 6.54. The lowest BCUT2D eigenvalue weighted by molar-refractivity contribution is 0.0686. The molecule has 1 fully saturated rings. The van der Waals surface area contributed by atoms with Crippen molar-refractivity contribution >= 4 is 29.3 Å². The maximum Gasteiger partial charge on any atom is 0.254 e. The Kier molecular flexibility index (Phi) is 5.17. The van der Waals surface area contributed by atoms with E-state index < -0.39 is 0 Å². The predicted octanol–water partition coefficient (Wildman–Crippen LogP) is 3.89. The van der Waals surface area contributed by atoms with E-state index in [0.29, 0.717) is 5.92 Å². The van der Waals surface area contributed by atoms with E-state index in [4.69, 9.17) is 11.6 Å². The molecule has 0 spiro atoms. The van der Waals surface area contributed by atoms with E-state index >= 15 is 0 Å². The quantitative estimate of drug-likeness (QED) is 0.623. The number of amides is 1. The second kappa shape index (κ2) is 6.67. The van der Waals surface area contributed by atoms with Gasteiger partial charge in [-0.05, 0) is 44.1 Å². The number of carbonyl (C=O) groups is 1. The average Bonchev–Trinajstić information content (AvgIpc) is 2.46. The van der Waals surface area contributed by atoms with Gasteiger partial charge in [-0.3, -0.25) is 4.79 Å². The van der Waals surface area contributed by atoms with Crippen LogP contribution in [0, 0.1) is 5.92 Å². The molecule has 0 bridgehead atoms. The van der Waals surface area contributed by atoms with Gasteiger partial charge in [0.15, 0.2) is 0 Å². The number of hydrogen-bond acceptors (Lipinski definition) is 2. The number of alkyl halides is 1. The third kappa shape index (κ3) is 3.46. The van der Waals surface area contributed by atoms with Crippen LogP contribution in [0.3, 0.4) is 0 Å². The van der Waals surface area contributed by atoms with Crippen LogP contribution in [-0.4, -0.2) is 35.5 Å². The summed E-state index contributed by atoms with van der Waals surface area (Å²) >= 11 is 7.77. The summed E-state index contributed by atoms with van der Waals surface area (Å²) in [7, 11) is 0. The van der Waals surface area contributed by atoms with Gasteiger partial charge < -0.3 is 4.90 Å². The van der Waals surface area contributed by atoms with Gasteiger partial charge >= 0.3 is 0 Å². The average molecular weight is 298 g/mol. The molecule has 4 heteroatoms. The lowest BCUT2D eigenvalue weighted by Gasteiger charge is -2.33. The van der Waals surface area contributed by atoms with Gasteiger partial charge in [-0.1, -0.05) is 12.1 Å². The van der Waals surface area contributed by atoms with E-state index in [1.807, 2.05) is 42.3 Å². The van der Waals surface area contributed by atoms with Crippen molar-refractivity contribution in [2.75, 3.05) is 19.3 Å². The second-order valence-electron chi connectivity index (χ2n) is 5.01. The van der Waals surface area contributed by atoms with E-state index in [0.717, 1.165) is 36.4 Å². The Labute approximate surface area is 124 Å². The molecule has 1 unspecified atom stereocenters. The number of rotatable bonds is 3. The maximum absolute atomic E-state index is 12.5. The molecule has 104 valence electrons.